The summed E-state index contributed by atoms with van der Waals surface area (Å²) < 4.78 is 5.46. The highest BCUT2D eigenvalue weighted by Crippen LogP contribution is 2.12. The standard InChI is InChI=1S/C12H19N3O4/c1-8-7-19-9(2)5-15(8)11(17)6-14-4-3-10(16)13-12(14)18/h8-9H,3-7H2,1-2H3,(H,13,16,18). The van der Waals surface area contributed by atoms with Gasteiger partial charge in [0, 0.05) is 19.5 Å². The van der Waals surface area contributed by atoms with Crippen molar-refractivity contribution in [2.24, 2.45) is 0 Å². The summed E-state index contributed by atoms with van der Waals surface area (Å²) in [6.45, 7) is 5.19. The minimum absolute atomic E-state index is 0.0101. The Bertz CT molecular complexity index is 398. The Morgan fingerprint density at radius 2 is 2.16 bits per heavy atom. The number of nitrogens with zero attached hydrogens (tertiary/aromatic N) is 2. The van der Waals surface area contributed by atoms with Crippen LogP contribution in [-0.2, 0) is 14.3 Å². The largest absolute Gasteiger partial charge is 0.375 e. The number of imide groups is 1. The lowest BCUT2D eigenvalue weighted by molar-refractivity contribution is -0.144. The van der Waals surface area contributed by atoms with Crippen LogP contribution in [0.1, 0.15) is 20.3 Å². The van der Waals surface area contributed by atoms with E-state index in [1.54, 1.807) is 4.90 Å². The van der Waals surface area contributed by atoms with Gasteiger partial charge in [0.05, 0.1) is 18.8 Å². The number of rotatable bonds is 2. The Hall–Kier alpha value is -1.63. The van der Waals surface area contributed by atoms with E-state index in [4.69, 9.17) is 4.74 Å². The van der Waals surface area contributed by atoms with Gasteiger partial charge in [0.1, 0.15) is 6.54 Å². The molecular formula is C12H19N3O4. The van der Waals surface area contributed by atoms with Crippen LogP contribution in [0.3, 0.4) is 0 Å². The molecule has 2 atom stereocenters. The molecule has 0 aromatic rings. The van der Waals surface area contributed by atoms with Gasteiger partial charge >= 0.3 is 6.03 Å². The molecule has 0 bridgehead atoms. The molecule has 4 amide bonds. The van der Waals surface area contributed by atoms with Gasteiger partial charge in [-0.3, -0.25) is 14.9 Å². The van der Waals surface area contributed by atoms with Crippen molar-refractivity contribution in [3.63, 3.8) is 0 Å². The van der Waals surface area contributed by atoms with E-state index in [9.17, 15) is 14.4 Å². The number of morpholine rings is 1. The van der Waals surface area contributed by atoms with Crippen LogP contribution in [0.4, 0.5) is 4.79 Å². The number of hydrogen-bond acceptors (Lipinski definition) is 4. The monoisotopic (exact) mass is 269 g/mol. The van der Waals surface area contributed by atoms with Crippen LogP contribution < -0.4 is 5.32 Å². The van der Waals surface area contributed by atoms with Crippen LogP contribution in [0.5, 0.6) is 0 Å². The fourth-order valence-corrected chi connectivity index (χ4v) is 2.25. The molecular weight excluding hydrogens is 250 g/mol. The van der Waals surface area contributed by atoms with Crippen molar-refractivity contribution in [1.82, 2.24) is 15.1 Å². The predicted molar refractivity (Wildman–Crippen MR) is 66.3 cm³/mol. The lowest BCUT2D eigenvalue weighted by Gasteiger charge is -2.38. The average Bonchev–Trinajstić information content (AvgIpc) is 2.35. The lowest BCUT2D eigenvalue weighted by Crippen LogP contribution is -2.56. The summed E-state index contributed by atoms with van der Waals surface area (Å²) >= 11 is 0. The fourth-order valence-electron chi connectivity index (χ4n) is 2.25. The maximum atomic E-state index is 12.2. The van der Waals surface area contributed by atoms with Gasteiger partial charge in [-0.15, -0.1) is 0 Å². The molecule has 1 N–H and O–H groups in total. The smallest absolute Gasteiger partial charge is 0.324 e. The summed E-state index contributed by atoms with van der Waals surface area (Å²) in [7, 11) is 0. The number of amides is 4. The predicted octanol–water partition coefficient (Wildman–Crippen LogP) is -0.436. The fraction of sp³-hybridized carbons (Fsp3) is 0.750. The van der Waals surface area contributed by atoms with E-state index in [1.165, 1.54) is 4.90 Å². The molecule has 2 unspecified atom stereocenters. The number of urea groups is 1. The van der Waals surface area contributed by atoms with E-state index < -0.39 is 6.03 Å². The van der Waals surface area contributed by atoms with Crippen LogP contribution >= 0.6 is 0 Å². The molecule has 0 radical (unpaired) electrons. The molecule has 19 heavy (non-hydrogen) atoms. The van der Waals surface area contributed by atoms with Crippen molar-refractivity contribution in [3.05, 3.63) is 0 Å². The number of carbonyl (C=O) groups excluding carboxylic acids is 3. The van der Waals surface area contributed by atoms with Crippen LogP contribution in [0.15, 0.2) is 0 Å². The van der Waals surface area contributed by atoms with Crippen molar-refractivity contribution in [2.75, 3.05) is 26.2 Å². The first-order valence-electron chi connectivity index (χ1n) is 6.47. The summed E-state index contributed by atoms with van der Waals surface area (Å²) in [6.07, 6.45) is 0.255. The Morgan fingerprint density at radius 3 is 2.84 bits per heavy atom. The molecule has 0 aromatic carbocycles. The third kappa shape index (κ3) is 3.23. The highest BCUT2D eigenvalue weighted by atomic mass is 16.5. The topological polar surface area (TPSA) is 79.0 Å². The zero-order valence-corrected chi connectivity index (χ0v) is 11.2. The number of ether oxygens (including phenoxy) is 1. The highest BCUT2D eigenvalue weighted by Gasteiger charge is 2.31. The molecule has 0 aliphatic carbocycles. The molecule has 0 aromatic heterocycles. The van der Waals surface area contributed by atoms with Gasteiger partial charge < -0.3 is 14.5 Å². The molecule has 7 heteroatoms. The molecule has 2 rings (SSSR count). The van der Waals surface area contributed by atoms with Gasteiger partial charge in [0.25, 0.3) is 0 Å². The third-order valence-corrected chi connectivity index (χ3v) is 3.40. The van der Waals surface area contributed by atoms with Crippen molar-refractivity contribution >= 4 is 17.8 Å². The van der Waals surface area contributed by atoms with Gasteiger partial charge in [0.2, 0.25) is 11.8 Å². The molecule has 2 heterocycles. The minimum atomic E-state index is -0.487. The van der Waals surface area contributed by atoms with Gasteiger partial charge in [-0.05, 0) is 13.8 Å². The van der Waals surface area contributed by atoms with Crippen LogP contribution in [-0.4, -0.2) is 66.0 Å². The van der Waals surface area contributed by atoms with Gasteiger partial charge in [-0.2, -0.15) is 0 Å². The Balaban J connectivity index is 1.93. The Labute approximate surface area is 111 Å². The average molecular weight is 269 g/mol. The second-order valence-corrected chi connectivity index (χ2v) is 5.06. The summed E-state index contributed by atoms with van der Waals surface area (Å²) in [6, 6.07) is -0.475. The Morgan fingerprint density at radius 1 is 1.42 bits per heavy atom. The first-order chi connectivity index (χ1) is 8.97. The zero-order valence-electron chi connectivity index (χ0n) is 11.2. The Kier molecular flexibility index (Phi) is 4.04. The maximum Gasteiger partial charge on any atom is 0.324 e. The van der Waals surface area contributed by atoms with E-state index in [2.05, 4.69) is 5.32 Å². The van der Waals surface area contributed by atoms with E-state index in [-0.39, 0.29) is 36.9 Å². The molecule has 106 valence electrons. The van der Waals surface area contributed by atoms with Crippen molar-refractivity contribution in [1.29, 1.82) is 0 Å². The second kappa shape index (κ2) is 5.56. The van der Waals surface area contributed by atoms with E-state index in [1.807, 2.05) is 13.8 Å². The molecule has 2 aliphatic rings. The normalized spacial score (nSPS) is 28.3. The summed E-state index contributed by atoms with van der Waals surface area (Å²) in [5.41, 5.74) is 0. The molecule has 7 nitrogen and oxygen atoms in total. The molecule has 2 aliphatic heterocycles. The van der Waals surface area contributed by atoms with Crippen LogP contribution in [0, 0.1) is 0 Å². The van der Waals surface area contributed by atoms with Crippen molar-refractivity contribution in [3.8, 4) is 0 Å². The zero-order chi connectivity index (χ0) is 14.0. The van der Waals surface area contributed by atoms with Crippen molar-refractivity contribution in [2.45, 2.75) is 32.4 Å². The number of hydrogen-bond donors (Lipinski definition) is 1. The molecule has 0 spiro atoms. The molecule has 0 saturated carbocycles. The summed E-state index contributed by atoms with van der Waals surface area (Å²) in [5, 5.41) is 2.21. The van der Waals surface area contributed by atoms with Crippen LogP contribution in [0.2, 0.25) is 0 Å². The molecule has 2 saturated heterocycles. The SMILES string of the molecule is CC1CN(C(=O)CN2CCC(=O)NC2=O)C(C)CO1. The maximum absolute atomic E-state index is 12.2. The quantitative estimate of drug-likeness (QED) is 0.737. The number of carbonyl (C=O) groups is 3. The summed E-state index contributed by atoms with van der Waals surface area (Å²) in [4.78, 5) is 37.9. The summed E-state index contributed by atoms with van der Waals surface area (Å²) in [5.74, 6) is -0.394. The minimum Gasteiger partial charge on any atom is -0.375 e. The van der Waals surface area contributed by atoms with E-state index in [0.29, 0.717) is 19.7 Å². The highest BCUT2D eigenvalue weighted by molar-refractivity contribution is 5.98. The third-order valence-electron chi connectivity index (χ3n) is 3.40. The lowest BCUT2D eigenvalue weighted by atomic mass is 10.2. The molecule has 2 fully saturated rings. The first kappa shape index (κ1) is 13.8. The van der Waals surface area contributed by atoms with Crippen LogP contribution in [0.25, 0.3) is 0 Å². The van der Waals surface area contributed by atoms with E-state index in [0.717, 1.165) is 0 Å². The second-order valence-electron chi connectivity index (χ2n) is 5.06. The first-order valence-corrected chi connectivity index (χ1v) is 6.47. The van der Waals surface area contributed by atoms with Crippen molar-refractivity contribution < 1.29 is 19.1 Å². The van der Waals surface area contributed by atoms with Gasteiger partial charge in [0.15, 0.2) is 0 Å². The van der Waals surface area contributed by atoms with Gasteiger partial charge in [-0.25, -0.2) is 4.79 Å². The van der Waals surface area contributed by atoms with E-state index >= 15 is 0 Å². The van der Waals surface area contributed by atoms with Gasteiger partial charge in [-0.1, -0.05) is 0 Å². The number of nitrogens with one attached hydrogen (secondary N) is 1.